The first-order chi connectivity index (χ1) is 10.2. The summed E-state index contributed by atoms with van der Waals surface area (Å²) in [6.07, 6.45) is 3.51. The zero-order chi connectivity index (χ0) is 14.8. The van der Waals surface area contributed by atoms with Gasteiger partial charge in [-0.25, -0.2) is 0 Å². The zero-order valence-electron chi connectivity index (χ0n) is 11.3. The molecule has 3 heterocycles. The van der Waals surface area contributed by atoms with Crippen molar-refractivity contribution in [2.24, 2.45) is 0 Å². The molecule has 1 aliphatic heterocycles. The van der Waals surface area contributed by atoms with Crippen molar-refractivity contribution in [3.8, 4) is 0 Å². The van der Waals surface area contributed by atoms with Crippen molar-refractivity contribution >= 4 is 34.6 Å². The Bertz CT molecular complexity index is 650. The molecule has 21 heavy (non-hydrogen) atoms. The van der Waals surface area contributed by atoms with Gasteiger partial charge >= 0.3 is 0 Å². The molecule has 3 rings (SSSR count). The highest BCUT2D eigenvalue weighted by Crippen LogP contribution is 2.27. The first-order valence-corrected chi connectivity index (χ1v) is 8.03. The van der Waals surface area contributed by atoms with Gasteiger partial charge in [0.2, 0.25) is 5.22 Å². The van der Waals surface area contributed by atoms with E-state index >= 15 is 0 Å². The molecule has 0 bridgehead atoms. The predicted molar refractivity (Wildman–Crippen MR) is 81.0 cm³/mol. The summed E-state index contributed by atoms with van der Waals surface area (Å²) in [7, 11) is 0. The largest absolute Gasteiger partial charge is 0.452 e. The number of thiophene rings is 1. The average molecular weight is 324 g/mol. The monoisotopic (exact) mass is 323 g/mol. The Morgan fingerprint density at radius 1 is 1.43 bits per heavy atom. The lowest BCUT2D eigenvalue weighted by Gasteiger charge is -2.23. The maximum absolute atomic E-state index is 12.5. The average Bonchev–Trinajstić information content (AvgIpc) is 3.19. The lowest BCUT2D eigenvalue weighted by atomic mass is 10.1. The predicted octanol–water partition coefficient (Wildman–Crippen LogP) is 3.87. The highest BCUT2D eigenvalue weighted by molar-refractivity contribution is 7.12. The molecule has 0 aromatic carbocycles. The van der Waals surface area contributed by atoms with Crippen molar-refractivity contribution in [1.82, 2.24) is 4.90 Å². The van der Waals surface area contributed by atoms with E-state index in [1.807, 2.05) is 17.5 Å². The van der Waals surface area contributed by atoms with Gasteiger partial charge in [0.05, 0.1) is 16.7 Å². The van der Waals surface area contributed by atoms with Crippen molar-refractivity contribution in [1.29, 1.82) is 0 Å². The summed E-state index contributed by atoms with van der Waals surface area (Å²) >= 11 is 7.30. The number of halogens is 1. The second-order valence-electron chi connectivity index (χ2n) is 5.01. The van der Waals surface area contributed by atoms with Crippen LogP contribution < -0.4 is 0 Å². The first kappa shape index (κ1) is 14.4. The molecule has 1 amide bonds. The third-order valence-electron chi connectivity index (χ3n) is 3.70. The number of Topliss-reactive ketones (excluding diaryl/α,β-unsaturated/α-hetero) is 1. The Hall–Kier alpha value is -1.59. The quantitative estimate of drug-likeness (QED) is 0.802. The van der Waals surface area contributed by atoms with Crippen LogP contribution in [0.1, 0.15) is 39.3 Å². The Kier molecular flexibility index (Phi) is 4.12. The van der Waals surface area contributed by atoms with Crippen molar-refractivity contribution in [3.05, 3.63) is 45.5 Å². The summed E-state index contributed by atoms with van der Waals surface area (Å²) in [4.78, 5) is 27.2. The molecule has 0 spiro atoms. The molecule has 4 nitrogen and oxygen atoms in total. The van der Waals surface area contributed by atoms with Gasteiger partial charge < -0.3 is 9.32 Å². The van der Waals surface area contributed by atoms with Crippen LogP contribution in [0.15, 0.2) is 34.3 Å². The molecule has 1 aliphatic rings. The van der Waals surface area contributed by atoms with Crippen LogP contribution in [0.4, 0.5) is 0 Å². The Morgan fingerprint density at radius 2 is 2.29 bits per heavy atom. The molecule has 0 saturated carbocycles. The SMILES string of the molecule is O=C(C[C@@H]1CCCN1C(=O)c1ccoc1Cl)c1cccs1. The Morgan fingerprint density at radius 3 is 2.95 bits per heavy atom. The second kappa shape index (κ2) is 6.03. The molecule has 1 atom stereocenters. The highest BCUT2D eigenvalue weighted by Gasteiger charge is 2.32. The number of hydrogen-bond acceptors (Lipinski definition) is 4. The van der Waals surface area contributed by atoms with Gasteiger partial charge in [0.1, 0.15) is 0 Å². The van der Waals surface area contributed by atoms with E-state index in [4.69, 9.17) is 16.0 Å². The summed E-state index contributed by atoms with van der Waals surface area (Å²) < 4.78 is 4.97. The molecule has 1 fully saturated rings. The molecule has 6 heteroatoms. The number of likely N-dealkylation sites (tertiary alicyclic amines) is 1. The van der Waals surface area contributed by atoms with E-state index in [0.717, 1.165) is 17.7 Å². The number of rotatable bonds is 4. The van der Waals surface area contributed by atoms with Crippen LogP contribution in [-0.4, -0.2) is 29.2 Å². The van der Waals surface area contributed by atoms with E-state index in [-0.39, 0.29) is 23.0 Å². The second-order valence-corrected chi connectivity index (χ2v) is 6.30. The molecule has 2 aromatic rings. The van der Waals surface area contributed by atoms with Gasteiger partial charge in [-0.05, 0) is 42.0 Å². The van der Waals surface area contributed by atoms with Crippen molar-refractivity contribution in [2.45, 2.75) is 25.3 Å². The third-order valence-corrected chi connectivity index (χ3v) is 4.91. The summed E-state index contributed by atoms with van der Waals surface area (Å²) in [5, 5.41) is 1.99. The minimum absolute atomic E-state index is 0.0573. The topological polar surface area (TPSA) is 50.5 Å². The molecule has 0 radical (unpaired) electrons. The van der Waals surface area contributed by atoms with E-state index in [9.17, 15) is 9.59 Å². The smallest absolute Gasteiger partial charge is 0.258 e. The summed E-state index contributed by atoms with van der Waals surface area (Å²) in [6.45, 7) is 0.655. The number of carbonyl (C=O) groups excluding carboxylic acids is 2. The number of carbonyl (C=O) groups is 2. The molecule has 2 aromatic heterocycles. The standard InChI is InChI=1S/C15H14ClNO3S/c16-14-11(5-7-20-14)15(19)17-6-1-3-10(17)9-12(18)13-4-2-8-21-13/h2,4-5,7-8,10H,1,3,6,9H2/t10-/m0/s1. The Labute approximate surface area is 131 Å². The molecule has 1 saturated heterocycles. The molecular formula is C15H14ClNO3S. The van der Waals surface area contributed by atoms with E-state index in [1.54, 1.807) is 11.0 Å². The van der Waals surface area contributed by atoms with Crippen LogP contribution in [0.5, 0.6) is 0 Å². The summed E-state index contributed by atoms with van der Waals surface area (Å²) in [6, 6.07) is 5.20. The summed E-state index contributed by atoms with van der Waals surface area (Å²) in [5.74, 6) is -0.0665. The fourth-order valence-electron chi connectivity index (χ4n) is 2.67. The number of amides is 1. The maximum Gasteiger partial charge on any atom is 0.258 e. The highest BCUT2D eigenvalue weighted by atomic mass is 35.5. The van der Waals surface area contributed by atoms with Crippen LogP contribution in [0.25, 0.3) is 0 Å². The number of furan rings is 1. The minimum atomic E-state index is -0.157. The summed E-state index contributed by atoms with van der Waals surface area (Å²) in [5.41, 5.74) is 0.368. The van der Waals surface area contributed by atoms with Gasteiger partial charge in [-0.2, -0.15) is 0 Å². The van der Waals surface area contributed by atoms with E-state index in [0.29, 0.717) is 18.5 Å². The first-order valence-electron chi connectivity index (χ1n) is 6.77. The van der Waals surface area contributed by atoms with Gasteiger partial charge in [-0.15, -0.1) is 11.3 Å². The Balaban J connectivity index is 1.72. The normalized spacial score (nSPS) is 18.1. The number of hydrogen-bond donors (Lipinski definition) is 0. The van der Waals surface area contributed by atoms with Crippen LogP contribution in [0.3, 0.4) is 0 Å². The van der Waals surface area contributed by atoms with Crippen molar-refractivity contribution in [2.75, 3.05) is 6.54 Å². The van der Waals surface area contributed by atoms with Crippen LogP contribution in [-0.2, 0) is 0 Å². The van der Waals surface area contributed by atoms with Crippen LogP contribution in [0, 0.1) is 0 Å². The van der Waals surface area contributed by atoms with E-state index in [1.165, 1.54) is 17.6 Å². The molecule has 0 aliphatic carbocycles. The van der Waals surface area contributed by atoms with E-state index < -0.39 is 0 Å². The lowest BCUT2D eigenvalue weighted by molar-refractivity contribution is 0.0717. The van der Waals surface area contributed by atoms with Gasteiger partial charge in [-0.1, -0.05) is 6.07 Å². The van der Waals surface area contributed by atoms with Crippen molar-refractivity contribution in [3.63, 3.8) is 0 Å². The maximum atomic E-state index is 12.5. The third kappa shape index (κ3) is 2.89. The fourth-order valence-corrected chi connectivity index (χ4v) is 3.54. The van der Waals surface area contributed by atoms with Crippen LogP contribution >= 0.6 is 22.9 Å². The fraction of sp³-hybridized carbons (Fsp3) is 0.333. The number of nitrogens with zero attached hydrogens (tertiary/aromatic N) is 1. The molecule has 0 unspecified atom stereocenters. The van der Waals surface area contributed by atoms with Crippen molar-refractivity contribution < 1.29 is 14.0 Å². The molecule has 110 valence electrons. The van der Waals surface area contributed by atoms with Gasteiger partial charge in [0, 0.05) is 19.0 Å². The van der Waals surface area contributed by atoms with Gasteiger partial charge in [0.15, 0.2) is 5.78 Å². The number of ketones is 1. The molecular weight excluding hydrogens is 310 g/mol. The molecule has 0 N–H and O–H groups in total. The minimum Gasteiger partial charge on any atom is -0.452 e. The van der Waals surface area contributed by atoms with E-state index in [2.05, 4.69) is 0 Å². The van der Waals surface area contributed by atoms with Gasteiger partial charge in [-0.3, -0.25) is 9.59 Å². The van der Waals surface area contributed by atoms with Crippen LogP contribution in [0.2, 0.25) is 5.22 Å². The van der Waals surface area contributed by atoms with Gasteiger partial charge in [0.25, 0.3) is 5.91 Å². The lowest BCUT2D eigenvalue weighted by Crippen LogP contribution is -2.36. The zero-order valence-corrected chi connectivity index (χ0v) is 12.8.